The molecule has 1 aromatic heterocycles. The first kappa shape index (κ1) is 18.3. The maximum Gasteiger partial charge on any atom is 0.285 e. The average molecular weight is 409 g/mol. The van der Waals surface area contributed by atoms with Gasteiger partial charge in [0.2, 0.25) is 0 Å². The van der Waals surface area contributed by atoms with Crippen LogP contribution in [0.2, 0.25) is 10.0 Å². The predicted molar refractivity (Wildman–Crippen MR) is 113 cm³/mol. The second-order valence-corrected chi connectivity index (χ2v) is 8.63. The predicted octanol–water partition coefficient (Wildman–Crippen LogP) is 5.34. The average Bonchev–Trinajstić information content (AvgIpc) is 3.22. The van der Waals surface area contributed by atoms with Crippen molar-refractivity contribution < 1.29 is 4.57 Å². The fraction of sp³-hybridized carbons (Fsp3) is 0.450. The van der Waals surface area contributed by atoms with Gasteiger partial charge in [-0.3, -0.25) is 0 Å². The molecule has 0 bridgehead atoms. The van der Waals surface area contributed by atoms with Gasteiger partial charge in [-0.05, 0) is 38.8 Å². The van der Waals surface area contributed by atoms with E-state index in [0.717, 1.165) is 39.0 Å². The molecule has 0 amide bonds. The van der Waals surface area contributed by atoms with E-state index in [0.29, 0.717) is 10.0 Å². The molecular weight excluding hydrogens is 385 g/mol. The Labute approximate surface area is 169 Å². The van der Waals surface area contributed by atoms with Gasteiger partial charge in [0.15, 0.2) is 11.0 Å². The molecule has 0 unspecified atom stereocenters. The smallest absolute Gasteiger partial charge is 0.285 e. The summed E-state index contributed by atoms with van der Waals surface area (Å²) >= 11 is 14.6. The van der Waals surface area contributed by atoms with Crippen molar-refractivity contribution in [2.75, 3.05) is 18.8 Å². The molecule has 0 N–H and O–H groups in total. The lowest BCUT2D eigenvalue weighted by Crippen LogP contribution is -2.37. The first-order valence-electron chi connectivity index (χ1n) is 9.34. The van der Waals surface area contributed by atoms with E-state index in [4.69, 9.17) is 23.2 Å². The number of thioether (sulfide) groups is 1. The summed E-state index contributed by atoms with van der Waals surface area (Å²) in [6, 6.07) is 4.03. The van der Waals surface area contributed by atoms with Gasteiger partial charge in [-0.1, -0.05) is 23.2 Å². The van der Waals surface area contributed by atoms with Crippen LogP contribution in [0.25, 0.3) is 16.6 Å². The molecule has 1 saturated heterocycles. The second kappa shape index (κ2) is 7.49. The van der Waals surface area contributed by atoms with Gasteiger partial charge in [0, 0.05) is 36.5 Å². The highest BCUT2D eigenvalue weighted by Gasteiger charge is 2.30. The first-order chi connectivity index (χ1) is 12.6. The van der Waals surface area contributed by atoms with Crippen molar-refractivity contribution in [1.29, 1.82) is 0 Å². The Kier molecular flexibility index (Phi) is 5.27. The molecule has 1 aromatic carbocycles. The number of benzene rings is 1. The van der Waals surface area contributed by atoms with Crippen LogP contribution in [0.3, 0.4) is 0 Å². The maximum atomic E-state index is 6.31. The summed E-state index contributed by atoms with van der Waals surface area (Å²) in [6.07, 6.45) is 6.90. The van der Waals surface area contributed by atoms with Crippen LogP contribution in [0, 0.1) is 0 Å². The number of fused-ring (bicyclic) bond motifs is 3. The maximum absolute atomic E-state index is 6.31. The minimum atomic E-state index is 0.623. The third-order valence-corrected chi connectivity index (χ3v) is 7.07. The Morgan fingerprint density at radius 3 is 2.73 bits per heavy atom. The van der Waals surface area contributed by atoms with E-state index in [9.17, 15) is 0 Å². The van der Waals surface area contributed by atoms with Crippen molar-refractivity contribution >= 4 is 51.6 Å². The number of hydrogen-bond donors (Lipinski definition) is 0. The molecule has 0 aliphatic carbocycles. The molecule has 6 heteroatoms. The zero-order chi connectivity index (χ0) is 18.3. The van der Waals surface area contributed by atoms with Crippen molar-refractivity contribution in [2.24, 2.45) is 0 Å². The van der Waals surface area contributed by atoms with Gasteiger partial charge in [0.1, 0.15) is 0 Å². The molecule has 0 saturated carbocycles. The van der Waals surface area contributed by atoms with Crippen molar-refractivity contribution in [3.05, 3.63) is 45.2 Å². The molecule has 2 aromatic rings. The molecule has 26 heavy (non-hydrogen) atoms. The van der Waals surface area contributed by atoms with E-state index in [1.807, 2.05) is 23.9 Å². The molecule has 2 aliphatic heterocycles. The lowest BCUT2D eigenvalue weighted by atomic mass is 10.1. The van der Waals surface area contributed by atoms with E-state index in [2.05, 4.69) is 40.0 Å². The number of imidazole rings is 1. The summed E-state index contributed by atoms with van der Waals surface area (Å²) in [5.74, 6) is 2.49. The van der Waals surface area contributed by atoms with E-state index in [1.54, 1.807) is 0 Å². The normalized spacial score (nSPS) is 20.5. The van der Waals surface area contributed by atoms with Gasteiger partial charge >= 0.3 is 0 Å². The molecule has 0 atom stereocenters. The number of allylic oxidation sites excluding steroid dienone is 3. The Balaban J connectivity index is 1.85. The molecule has 138 valence electrons. The van der Waals surface area contributed by atoms with Gasteiger partial charge in [-0.15, -0.1) is 11.8 Å². The zero-order valence-electron chi connectivity index (χ0n) is 15.3. The number of nitrogens with zero attached hydrogens (tertiary/aromatic N) is 3. The highest BCUT2D eigenvalue weighted by Crippen LogP contribution is 2.34. The van der Waals surface area contributed by atoms with E-state index >= 15 is 0 Å². The van der Waals surface area contributed by atoms with Gasteiger partial charge in [-0.2, -0.15) is 0 Å². The van der Waals surface area contributed by atoms with E-state index < -0.39 is 0 Å². The summed E-state index contributed by atoms with van der Waals surface area (Å²) in [7, 11) is 0. The molecular formula is C20H24Cl2N3S+. The molecule has 1 fully saturated rings. The number of hydrogen-bond acceptors (Lipinski definition) is 2. The van der Waals surface area contributed by atoms with Crippen LogP contribution in [0.5, 0.6) is 0 Å². The summed E-state index contributed by atoms with van der Waals surface area (Å²) in [4.78, 5) is 2.45. The lowest BCUT2D eigenvalue weighted by molar-refractivity contribution is -0.671. The topological polar surface area (TPSA) is 12.1 Å². The fourth-order valence-corrected chi connectivity index (χ4v) is 5.43. The van der Waals surface area contributed by atoms with Crippen LogP contribution < -0.4 is 4.57 Å². The third-order valence-electron chi connectivity index (χ3n) is 5.27. The summed E-state index contributed by atoms with van der Waals surface area (Å²) < 4.78 is 4.79. The molecule has 0 spiro atoms. The van der Waals surface area contributed by atoms with Gasteiger partial charge in [-0.25, -0.2) is 9.13 Å². The summed E-state index contributed by atoms with van der Waals surface area (Å²) in [6.45, 7) is 8.60. The van der Waals surface area contributed by atoms with Crippen LogP contribution in [0.1, 0.15) is 32.5 Å². The Morgan fingerprint density at radius 2 is 1.96 bits per heavy atom. The minimum Gasteiger partial charge on any atom is -0.366 e. The van der Waals surface area contributed by atoms with Crippen LogP contribution in [-0.4, -0.2) is 28.3 Å². The Morgan fingerprint density at radius 1 is 1.15 bits per heavy atom. The largest absolute Gasteiger partial charge is 0.366 e. The zero-order valence-corrected chi connectivity index (χ0v) is 17.6. The number of aryl methyl sites for hydroxylation is 2. The van der Waals surface area contributed by atoms with Crippen LogP contribution >= 0.6 is 35.0 Å². The quantitative estimate of drug-likeness (QED) is 0.634. The highest BCUT2D eigenvalue weighted by atomic mass is 35.5. The van der Waals surface area contributed by atoms with Gasteiger partial charge in [0.05, 0.1) is 28.2 Å². The minimum absolute atomic E-state index is 0.623. The molecule has 3 nitrogen and oxygen atoms in total. The standard InChI is InChI=1S/C20H24Cl2N3S/c1-3-23-10-11-26-19(23)8-7-14-6-5-9-25-18-13-16(22)15(21)12-17(18)24(4-2)20(14)25/h7-8,12-13H,3-6,9-11H2,1-2H3/q+1. The molecule has 0 radical (unpaired) electrons. The summed E-state index contributed by atoms with van der Waals surface area (Å²) in [5, 5.41) is 2.64. The second-order valence-electron chi connectivity index (χ2n) is 6.70. The van der Waals surface area contributed by atoms with Crippen LogP contribution in [0.15, 0.2) is 29.3 Å². The van der Waals surface area contributed by atoms with Crippen LogP contribution in [-0.2, 0) is 13.1 Å². The molecule has 4 rings (SSSR count). The van der Waals surface area contributed by atoms with E-state index in [1.165, 1.54) is 33.2 Å². The number of rotatable bonds is 3. The van der Waals surface area contributed by atoms with E-state index in [-0.39, 0.29) is 0 Å². The van der Waals surface area contributed by atoms with Crippen molar-refractivity contribution in [1.82, 2.24) is 9.47 Å². The van der Waals surface area contributed by atoms with Crippen molar-refractivity contribution in [3.8, 4) is 0 Å². The number of halogens is 2. The van der Waals surface area contributed by atoms with Gasteiger partial charge < -0.3 is 4.90 Å². The van der Waals surface area contributed by atoms with Crippen LogP contribution in [0.4, 0.5) is 0 Å². The Bertz CT molecular complexity index is 875. The van der Waals surface area contributed by atoms with Crippen molar-refractivity contribution in [3.63, 3.8) is 0 Å². The first-order valence-corrected chi connectivity index (χ1v) is 11.1. The monoisotopic (exact) mass is 408 g/mol. The SMILES string of the molecule is CCN1CCSC1=CC=C1CCCn2c1[n+](CC)c1cc(Cl)c(Cl)cc12. The van der Waals surface area contributed by atoms with Crippen molar-refractivity contribution in [2.45, 2.75) is 39.8 Å². The Hall–Kier alpha value is -1.10. The lowest BCUT2D eigenvalue weighted by Gasteiger charge is -2.16. The highest BCUT2D eigenvalue weighted by molar-refractivity contribution is 8.03. The molecule has 2 aliphatic rings. The summed E-state index contributed by atoms with van der Waals surface area (Å²) in [5.41, 5.74) is 3.75. The molecule has 3 heterocycles. The fourth-order valence-electron chi connectivity index (χ4n) is 4.02. The third kappa shape index (κ3) is 3.06. The van der Waals surface area contributed by atoms with Gasteiger partial charge in [0.25, 0.3) is 5.82 Å². The number of aromatic nitrogens is 2.